The molecule has 190 valence electrons. The average Bonchev–Trinajstić information content (AvgIpc) is 2.84. The summed E-state index contributed by atoms with van der Waals surface area (Å²) in [5, 5.41) is 0. The maximum atomic E-state index is 12.2. The monoisotopic (exact) mass is 458 g/mol. The lowest BCUT2D eigenvalue weighted by molar-refractivity contribution is 0.0497. The Morgan fingerprint density at radius 2 is 0.939 bits per heavy atom. The predicted octanol–water partition coefficient (Wildman–Crippen LogP) is 10.2. The quantitative estimate of drug-likeness (QED) is 0.120. The van der Waals surface area contributed by atoms with Crippen molar-refractivity contribution in [2.75, 3.05) is 6.61 Å². The second-order valence-corrected chi connectivity index (χ2v) is 9.95. The third-order valence-electron chi connectivity index (χ3n) is 6.74. The number of carbonyl (C=O) groups excluding carboxylic acids is 1. The third kappa shape index (κ3) is 17.8. The van der Waals surface area contributed by atoms with Gasteiger partial charge in [0.15, 0.2) is 0 Å². The highest BCUT2D eigenvalue weighted by Crippen LogP contribution is 2.14. The Kier molecular flexibility index (Phi) is 20.2. The van der Waals surface area contributed by atoms with E-state index in [4.69, 9.17) is 4.74 Å². The molecule has 0 unspecified atom stereocenters. The molecule has 0 saturated carbocycles. The van der Waals surface area contributed by atoms with Crippen molar-refractivity contribution in [3.63, 3.8) is 0 Å². The van der Waals surface area contributed by atoms with E-state index in [0.29, 0.717) is 12.2 Å². The Morgan fingerprint density at radius 3 is 1.39 bits per heavy atom. The summed E-state index contributed by atoms with van der Waals surface area (Å²) in [7, 11) is 0. The largest absolute Gasteiger partial charge is 0.462 e. The maximum absolute atomic E-state index is 12.2. The molecule has 0 N–H and O–H groups in total. The van der Waals surface area contributed by atoms with Crippen LogP contribution in [0.1, 0.15) is 158 Å². The van der Waals surface area contributed by atoms with Crippen LogP contribution in [-0.2, 0) is 11.2 Å². The standard InChI is InChI=1S/C31H54O2/c1-3-5-7-9-11-12-13-14-15-16-17-18-20-22-28-33-31(32)30-26-24-29(25-27-30)23-21-19-10-8-6-4-2/h24-27H,3-23,28H2,1-2H3. The molecule has 0 aliphatic rings. The van der Waals surface area contributed by atoms with Crippen molar-refractivity contribution in [3.05, 3.63) is 35.4 Å². The summed E-state index contributed by atoms with van der Waals surface area (Å²) in [5.74, 6) is -0.171. The fourth-order valence-electron chi connectivity index (χ4n) is 4.46. The van der Waals surface area contributed by atoms with Crippen molar-refractivity contribution < 1.29 is 9.53 Å². The van der Waals surface area contributed by atoms with Crippen LogP contribution in [0, 0.1) is 0 Å². The minimum Gasteiger partial charge on any atom is -0.462 e. The lowest BCUT2D eigenvalue weighted by Gasteiger charge is -2.07. The van der Waals surface area contributed by atoms with E-state index in [2.05, 4.69) is 26.0 Å². The molecule has 0 amide bonds. The molecule has 0 spiro atoms. The smallest absolute Gasteiger partial charge is 0.338 e. The van der Waals surface area contributed by atoms with Crippen LogP contribution in [0.5, 0.6) is 0 Å². The Hall–Kier alpha value is -1.31. The highest BCUT2D eigenvalue weighted by atomic mass is 16.5. The first-order valence-corrected chi connectivity index (χ1v) is 14.5. The Balaban J connectivity index is 1.93. The molecule has 0 bridgehead atoms. The van der Waals surface area contributed by atoms with Crippen LogP contribution in [0.3, 0.4) is 0 Å². The van der Waals surface area contributed by atoms with Gasteiger partial charge in [0.05, 0.1) is 12.2 Å². The number of ether oxygens (including phenoxy) is 1. The first-order chi connectivity index (χ1) is 16.3. The summed E-state index contributed by atoms with van der Waals surface area (Å²) >= 11 is 0. The van der Waals surface area contributed by atoms with E-state index in [0.717, 1.165) is 12.8 Å². The van der Waals surface area contributed by atoms with Crippen molar-refractivity contribution in [3.8, 4) is 0 Å². The predicted molar refractivity (Wildman–Crippen MR) is 144 cm³/mol. The molecule has 2 nitrogen and oxygen atoms in total. The maximum Gasteiger partial charge on any atom is 0.338 e. The van der Waals surface area contributed by atoms with Gasteiger partial charge in [0.2, 0.25) is 0 Å². The summed E-state index contributed by atoms with van der Waals surface area (Å²) in [5.41, 5.74) is 2.01. The Bertz CT molecular complexity index is 549. The van der Waals surface area contributed by atoms with Gasteiger partial charge in [-0.1, -0.05) is 142 Å². The average molecular weight is 459 g/mol. The van der Waals surface area contributed by atoms with Gasteiger partial charge in [0.25, 0.3) is 0 Å². The molecule has 0 radical (unpaired) electrons. The Morgan fingerprint density at radius 1 is 0.545 bits per heavy atom. The molecule has 0 atom stereocenters. The molecule has 33 heavy (non-hydrogen) atoms. The summed E-state index contributed by atoms with van der Waals surface area (Å²) in [4.78, 5) is 12.2. The van der Waals surface area contributed by atoms with Crippen molar-refractivity contribution in [1.82, 2.24) is 0 Å². The van der Waals surface area contributed by atoms with Crippen molar-refractivity contribution in [2.24, 2.45) is 0 Å². The molecule has 2 heteroatoms. The van der Waals surface area contributed by atoms with Crippen molar-refractivity contribution in [2.45, 2.75) is 149 Å². The number of carbonyl (C=O) groups is 1. The number of hydrogen-bond acceptors (Lipinski definition) is 2. The zero-order chi connectivity index (χ0) is 23.8. The number of aryl methyl sites for hydroxylation is 1. The third-order valence-corrected chi connectivity index (χ3v) is 6.74. The molecule has 0 heterocycles. The van der Waals surface area contributed by atoms with Gasteiger partial charge >= 0.3 is 5.97 Å². The van der Waals surface area contributed by atoms with Gasteiger partial charge in [-0.25, -0.2) is 4.79 Å². The van der Waals surface area contributed by atoms with E-state index in [1.165, 1.54) is 128 Å². The summed E-state index contributed by atoms with van der Waals surface area (Å²) in [6.07, 6.45) is 27.8. The molecule has 0 aliphatic carbocycles. The fourth-order valence-corrected chi connectivity index (χ4v) is 4.46. The molecule has 1 rings (SSSR count). The molecule has 0 fully saturated rings. The molecular formula is C31H54O2. The number of rotatable bonds is 23. The normalized spacial score (nSPS) is 11.1. The van der Waals surface area contributed by atoms with E-state index in [1.807, 2.05) is 12.1 Å². The van der Waals surface area contributed by atoms with Gasteiger partial charge in [0, 0.05) is 0 Å². The molecule has 0 aromatic heterocycles. The number of esters is 1. The summed E-state index contributed by atoms with van der Waals surface area (Å²) in [6, 6.07) is 8.05. The van der Waals surface area contributed by atoms with Crippen LogP contribution in [0.25, 0.3) is 0 Å². The minimum atomic E-state index is -0.171. The SMILES string of the molecule is CCCCCCCCCCCCCCCCOC(=O)c1ccc(CCCCCCCC)cc1. The second-order valence-electron chi connectivity index (χ2n) is 9.95. The fraction of sp³-hybridized carbons (Fsp3) is 0.774. The van der Waals surface area contributed by atoms with Crippen LogP contribution in [0.4, 0.5) is 0 Å². The van der Waals surface area contributed by atoms with Gasteiger partial charge < -0.3 is 4.74 Å². The minimum absolute atomic E-state index is 0.171. The van der Waals surface area contributed by atoms with Gasteiger partial charge in [-0.2, -0.15) is 0 Å². The van der Waals surface area contributed by atoms with E-state index in [-0.39, 0.29) is 5.97 Å². The lowest BCUT2D eigenvalue weighted by Crippen LogP contribution is -2.06. The van der Waals surface area contributed by atoms with Crippen LogP contribution in [0.15, 0.2) is 24.3 Å². The molecule has 0 saturated heterocycles. The molecular weight excluding hydrogens is 404 g/mol. The van der Waals surface area contributed by atoms with E-state index in [9.17, 15) is 4.79 Å². The van der Waals surface area contributed by atoms with Crippen molar-refractivity contribution in [1.29, 1.82) is 0 Å². The zero-order valence-electron chi connectivity index (χ0n) is 22.2. The molecule has 0 aliphatic heterocycles. The number of benzene rings is 1. The zero-order valence-corrected chi connectivity index (χ0v) is 22.2. The number of hydrogen-bond donors (Lipinski definition) is 0. The van der Waals surface area contributed by atoms with Gasteiger partial charge in [-0.3, -0.25) is 0 Å². The van der Waals surface area contributed by atoms with Crippen LogP contribution < -0.4 is 0 Å². The molecule has 1 aromatic rings. The van der Waals surface area contributed by atoms with E-state index < -0.39 is 0 Å². The summed E-state index contributed by atoms with van der Waals surface area (Å²) < 4.78 is 5.47. The van der Waals surface area contributed by atoms with E-state index >= 15 is 0 Å². The number of unbranched alkanes of at least 4 members (excludes halogenated alkanes) is 18. The first-order valence-electron chi connectivity index (χ1n) is 14.5. The van der Waals surface area contributed by atoms with Crippen LogP contribution >= 0.6 is 0 Å². The Labute approximate surface area is 206 Å². The topological polar surface area (TPSA) is 26.3 Å². The van der Waals surface area contributed by atoms with Crippen LogP contribution in [0.2, 0.25) is 0 Å². The van der Waals surface area contributed by atoms with Crippen LogP contribution in [-0.4, -0.2) is 12.6 Å². The molecule has 1 aromatic carbocycles. The van der Waals surface area contributed by atoms with Gasteiger partial charge in [0.1, 0.15) is 0 Å². The van der Waals surface area contributed by atoms with Crippen molar-refractivity contribution >= 4 is 5.97 Å². The van der Waals surface area contributed by atoms with Gasteiger partial charge in [-0.05, 0) is 37.0 Å². The second kappa shape index (κ2) is 22.5. The highest BCUT2D eigenvalue weighted by Gasteiger charge is 2.06. The van der Waals surface area contributed by atoms with Gasteiger partial charge in [-0.15, -0.1) is 0 Å². The summed E-state index contributed by atoms with van der Waals surface area (Å²) in [6.45, 7) is 5.09. The first kappa shape index (κ1) is 29.7. The lowest BCUT2D eigenvalue weighted by atomic mass is 10.0. The highest BCUT2D eigenvalue weighted by molar-refractivity contribution is 5.89. The van der Waals surface area contributed by atoms with E-state index in [1.54, 1.807) is 0 Å².